The number of carbonyl (C=O) groups excluding carboxylic acids is 1. The van der Waals surface area contributed by atoms with Crippen LogP contribution >= 0.6 is 12.4 Å². The molecule has 0 spiro atoms. The number of carboxylic acids is 1. The van der Waals surface area contributed by atoms with Gasteiger partial charge in [0.1, 0.15) is 6.54 Å². The van der Waals surface area contributed by atoms with Gasteiger partial charge in [-0.05, 0) is 44.4 Å². The number of rotatable bonds is 6. The molecule has 0 aromatic heterocycles. The van der Waals surface area contributed by atoms with Crippen LogP contribution in [0.15, 0.2) is 0 Å². The van der Waals surface area contributed by atoms with Crippen LogP contribution < -0.4 is 5.32 Å². The van der Waals surface area contributed by atoms with Crippen LogP contribution in [-0.4, -0.2) is 47.1 Å². The molecule has 0 heterocycles. The average molecular weight is 305 g/mol. The lowest BCUT2D eigenvalue weighted by molar-refractivity contribution is -0.138. The Hall–Kier alpha value is -0.810. The normalized spacial score (nSPS) is 25.9. The fourth-order valence-corrected chi connectivity index (χ4v) is 2.93. The molecule has 0 saturated heterocycles. The molecule has 20 heavy (non-hydrogen) atoms. The summed E-state index contributed by atoms with van der Waals surface area (Å²) in [7, 11) is 0. The molecule has 116 valence electrons. The second-order valence-corrected chi connectivity index (χ2v) is 5.99. The van der Waals surface area contributed by atoms with Crippen molar-refractivity contribution in [1.29, 1.82) is 0 Å². The van der Waals surface area contributed by atoms with Crippen molar-refractivity contribution >= 4 is 24.3 Å². The predicted molar refractivity (Wildman–Crippen MR) is 79.0 cm³/mol. The number of hydrogen-bond acceptors (Lipinski definition) is 3. The van der Waals surface area contributed by atoms with Gasteiger partial charge >= 0.3 is 5.97 Å². The van der Waals surface area contributed by atoms with Gasteiger partial charge in [-0.15, -0.1) is 12.4 Å². The number of nitrogens with one attached hydrogen (secondary N) is 1. The molecule has 0 unspecified atom stereocenters. The highest BCUT2D eigenvalue weighted by atomic mass is 35.5. The SMILES string of the molecule is CC1CCC(N(CC(=O)NCC(=O)O)C2CC2)CC1.Cl. The highest BCUT2D eigenvalue weighted by Gasteiger charge is 2.36. The first-order chi connectivity index (χ1) is 9.06. The lowest BCUT2D eigenvalue weighted by atomic mass is 9.86. The van der Waals surface area contributed by atoms with E-state index in [1.807, 2.05) is 0 Å². The smallest absolute Gasteiger partial charge is 0.322 e. The summed E-state index contributed by atoms with van der Waals surface area (Å²) in [5.74, 6) is -0.344. The third-order valence-electron chi connectivity index (χ3n) is 4.23. The maximum atomic E-state index is 11.8. The van der Waals surface area contributed by atoms with Gasteiger partial charge < -0.3 is 10.4 Å². The number of hydrogen-bond donors (Lipinski definition) is 2. The Bertz CT molecular complexity index is 339. The van der Waals surface area contributed by atoms with E-state index in [-0.39, 0.29) is 24.9 Å². The first-order valence-electron chi connectivity index (χ1n) is 7.30. The summed E-state index contributed by atoms with van der Waals surface area (Å²) in [5, 5.41) is 11.0. The number of aliphatic carboxylic acids is 1. The highest BCUT2D eigenvalue weighted by molar-refractivity contribution is 5.85. The first-order valence-corrected chi connectivity index (χ1v) is 7.30. The minimum Gasteiger partial charge on any atom is -0.480 e. The summed E-state index contributed by atoms with van der Waals surface area (Å²) in [6, 6.07) is 1.06. The molecule has 1 amide bonds. The maximum Gasteiger partial charge on any atom is 0.322 e. The minimum absolute atomic E-state index is 0. The van der Waals surface area contributed by atoms with Gasteiger partial charge in [-0.1, -0.05) is 6.92 Å². The number of carboxylic acid groups (broad SMARTS) is 1. The molecular formula is C14H25ClN2O3. The molecule has 0 atom stereocenters. The molecule has 2 N–H and O–H groups in total. The zero-order chi connectivity index (χ0) is 13.8. The quantitative estimate of drug-likeness (QED) is 0.783. The molecule has 0 aromatic rings. The Morgan fingerprint density at radius 3 is 2.05 bits per heavy atom. The van der Waals surface area contributed by atoms with Crippen LogP contribution in [0.1, 0.15) is 45.4 Å². The van der Waals surface area contributed by atoms with Crippen LogP contribution in [0, 0.1) is 5.92 Å². The average Bonchev–Trinajstić information content (AvgIpc) is 3.19. The lowest BCUT2D eigenvalue weighted by Crippen LogP contribution is -2.46. The molecule has 2 aliphatic carbocycles. The number of carbonyl (C=O) groups is 2. The van der Waals surface area contributed by atoms with E-state index in [9.17, 15) is 9.59 Å². The van der Waals surface area contributed by atoms with Gasteiger partial charge in [0.05, 0.1) is 6.54 Å². The van der Waals surface area contributed by atoms with Gasteiger partial charge in [0.2, 0.25) is 5.91 Å². The van der Waals surface area contributed by atoms with Gasteiger partial charge in [-0.2, -0.15) is 0 Å². The van der Waals surface area contributed by atoms with Crippen molar-refractivity contribution in [2.24, 2.45) is 5.92 Å². The molecule has 5 nitrogen and oxygen atoms in total. The molecule has 0 aliphatic heterocycles. The monoisotopic (exact) mass is 304 g/mol. The zero-order valence-corrected chi connectivity index (χ0v) is 12.8. The molecule has 0 radical (unpaired) electrons. The van der Waals surface area contributed by atoms with Crippen LogP contribution in [0.3, 0.4) is 0 Å². The minimum atomic E-state index is -0.988. The van der Waals surface area contributed by atoms with E-state index in [1.54, 1.807) is 0 Å². The Morgan fingerprint density at radius 2 is 1.60 bits per heavy atom. The van der Waals surface area contributed by atoms with E-state index in [4.69, 9.17) is 5.11 Å². The fourth-order valence-electron chi connectivity index (χ4n) is 2.93. The summed E-state index contributed by atoms with van der Waals surface area (Å²) < 4.78 is 0. The van der Waals surface area contributed by atoms with Gasteiger partial charge in [-0.25, -0.2) is 0 Å². The van der Waals surface area contributed by atoms with Crippen LogP contribution in [0.5, 0.6) is 0 Å². The Labute approximate surface area is 126 Å². The van der Waals surface area contributed by atoms with E-state index in [0.29, 0.717) is 18.6 Å². The van der Waals surface area contributed by atoms with Crippen molar-refractivity contribution in [3.05, 3.63) is 0 Å². The number of halogens is 1. The van der Waals surface area contributed by atoms with E-state index >= 15 is 0 Å². The summed E-state index contributed by atoms with van der Waals surface area (Å²) in [6.07, 6.45) is 7.18. The Kier molecular flexibility index (Phi) is 6.76. The predicted octanol–water partition coefficient (Wildman–Crippen LogP) is 1.65. The molecule has 2 fully saturated rings. The van der Waals surface area contributed by atoms with Gasteiger partial charge in [-0.3, -0.25) is 14.5 Å². The Balaban J connectivity index is 0.00000200. The molecule has 0 bridgehead atoms. The topological polar surface area (TPSA) is 69.6 Å². The molecule has 2 aliphatic rings. The molecule has 2 saturated carbocycles. The van der Waals surface area contributed by atoms with E-state index < -0.39 is 5.97 Å². The van der Waals surface area contributed by atoms with E-state index in [1.165, 1.54) is 38.5 Å². The van der Waals surface area contributed by atoms with Crippen LogP contribution in [0.25, 0.3) is 0 Å². The van der Waals surface area contributed by atoms with Crippen molar-refractivity contribution in [3.63, 3.8) is 0 Å². The fraction of sp³-hybridized carbons (Fsp3) is 0.857. The summed E-state index contributed by atoms with van der Waals surface area (Å²) in [5.41, 5.74) is 0. The van der Waals surface area contributed by atoms with Crippen molar-refractivity contribution in [2.45, 2.75) is 57.5 Å². The zero-order valence-electron chi connectivity index (χ0n) is 12.0. The van der Waals surface area contributed by atoms with E-state index in [2.05, 4.69) is 17.1 Å². The van der Waals surface area contributed by atoms with Crippen molar-refractivity contribution in [3.8, 4) is 0 Å². The molecule has 2 rings (SSSR count). The maximum absolute atomic E-state index is 11.8. The number of nitrogens with zero attached hydrogens (tertiary/aromatic N) is 1. The van der Waals surface area contributed by atoms with Crippen LogP contribution in [0.4, 0.5) is 0 Å². The summed E-state index contributed by atoms with van der Waals surface area (Å²) >= 11 is 0. The van der Waals surface area contributed by atoms with Gasteiger partial charge in [0, 0.05) is 12.1 Å². The Morgan fingerprint density at radius 1 is 1.10 bits per heavy atom. The van der Waals surface area contributed by atoms with Crippen LogP contribution in [-0.2, 0) is 9.59 Å². The second kappa shape index (κ2) is 7.84. The summed E-state index contributed by atoms with van der Waals surface area (Å²) in [6.45, 7) is 2.37. The van der Waals surface area contributed by atoms with Crippen molar-refractivity contribution in [1.82, 2.24) is 10.2 Å². The van der Waals surface area contributed by atoms with Crippen molar-refractivity contribution in [2.75, 3.05) is 13.1 Å². The molecule has 0 aromatic carbocycles. The lowest BCUT2D eigenvalue weighted by Gasteiger charge is -2.35. The summed E-state index contributed by atoms with van der Waals surface area (Å²) in [4.78, 5) is 24.5. The third-order valence-corrected chi connectivity index (χ3v) is 4.23. The standard InChI is InChI=1S/C14H24N2O3.ClH/c1-10-2-4-11(5-3-10)16(12-6-7-12)9-13(17)15-8-14(18)19;/h10-12H,2-9H2,1H3,(H,15,17)(H,18,19);1H. The van der Waals surface area contributed by atoms with E-state index in [0.717, 1.165) is 5.92 Å². The van der Waals surface area contributed by atoms with Gasteiger partial charge in [0.25, 0.3) is 0 Å². The number of amides is 1. The van der Waals surface area contributed by atoms with Gasteiger partial charge in [0.15, 0.2) is 0 Å². The first kappa shape index (κ1) is 17.2. The third kappa shape index (κ3) is 5.29. The molecular weight excluding hydrogens is 280 g/mol. The second-order valence-electron chi connectivity index (χ2n) is 5.99. The highest BCUT2D eigenvalue weighted by Crippen LogP contribution is 2.34. The van der Waals surface area contributed by atoms with Crippen LogP contribution in [0.2, 0.25) is 0 Å². The largest absolute Gasteiger partial charge is 0.480 e. The van der Waals surface area contributed by atoms with Crippen molar-refractivity contribution < 1.29 is 14.7 Å². The molecule has 6 heteroatoms.